The molecule has 2 rings (SSSR count). The van der Waals surface area contributed by atoms with Gasteiger partial charge in [0.2, 0.25) is 11.8 Å². The Balaban J connectivity index is 1.50. The highest BCUT2D eigenvalue weighted by Gasteiger charge is 2.42. The number of unbranched alkanes of at least 4 members (excludes halogenated alkanes) is 23. The number of ether oxygens (including phenoxy) is 2. The SMILES string of the molecule is CCCCCCCCCCCCCCN(CCCCCCCCCCCCCC)C(=O)COCCOCCNC(=O)CCCCC1SCC2NC(=O)NC21. The molecule has 3 unspecified atom stereocenters. The van der Waals surface area contributed by atoms with Crippen molar-refractivity contribution in [1.82, 2.24) is 20.9 Å². The standard InChI is InChI=1S/C44H84N4O5S/c1-3-5-7-9-11-13-15-17-19-21-23-27-32-48(33-28-24-22-20-18-16-14-12-10-8-6-4-2)42(50)37-53-36-35-52-34-31-45-41(49)30-26-25-29-40-43-39(38-54-40)46-44(51)47-43/h39-40,43H,3-38H2,1-2H3,(H,45,49)(H2,46,47,51). The van der Waals surface area contributed by atoms with Crippen molar-refractivity contribution in [1.29, 1.82) is 0 Å². The average molecular weight is 781 g/mol. The molecule has 3 atom stereocenters. The minimum atomic E-state index is -0.0518. The van der Waals surface area contributed by atoms with E-state index >= 15 is 0 Å². The topological polar surface area (TPSA) is 109 Å². The molecule has 316 valence electrons. The Morgan fingerprint density at radius 3 is 1.69 bits per heavy atom. The van der Waals surface area contributed by atoms with E-state index in [9.17, 15) is 14.4 Å². The van der Waals surface area contributed by atoms with Crippen molar-refractivity contribution in [2.75, 3.05) is 51.8 Å². The van der Waals surface area contributed by atoms with Crippen LogP contribution in [-0.2, 0) is 19.1 Å². The Hall–Kier alpha value is -1.52. The van der Waals surface area contributed by atoms with Crippen LogP contribution >= 0.6 is 11.8 Å². The van der Waals surface area contributed by atoms with Gasteiger partial charge in [0.1, 0.15) is 6.61 Å². The zero-order valence-corrected chi connectivity index (χ0v) is 35.9. The molecule has 2 fully saturated rings. The highest BCUT2D eigenvalue weighted by Crippen LogP contribution is 2.33. The van der Waals surface area contributed by atoms with Gasteiger partial charge in [-0.3, -0.25) is 9.59 Å². The highest BCUT2D eigenvalue weighted by atomic mass is 32.2. The molecule has 2 aliphatic rings. The molecule has 0 radical (unpaired) electrons. The van der Waals surface area contributed by atoms with E-state index in [0.29, 0.717) is 38.0 Å². The molecular weight excluding hydrogens is 697 g/mol. The zero-order chi connectivity index (χ0) is 38.7. The van der Waals surface area contributed by atoms with Crippen LogP contribution in [0.2, 0.25) is 0 Å². The lowest BCUT2D eigenvalue weighted by Gasteiger charge is -2.23. The quantitative estimate of drug-likeness (QED) is 0.0423. The van der Waals surface area contributed by atoms with Crippen LogP contribution in [-0.4, -0.2) is 91.9 Å². The van der Waals surface area contributed by atoms with E-state index in [1.807, 2.05) is 11.8 Å². The van der Waals surface area contributed by atoms with Crippen molar-refractivity contribution in [2.24, 2.45) is 0 Å². The molecule has 2 saturated heterocycles. The van der Waals surface area contributed by atoms with Gasteiger partial charge in [0.25, 0.3) is 0 Å². The number of thioether (sulfide) groups is 1. The minimum Gasteiger partial charge on any atom is -0.377 e. The van der Waals surface area contributed by atoms with Crippen molar-refractivity contribution >= 4 is 29.6 Å². The van der Waals surface area contributed by atoms with Gasteiger partial charge < -0.3 is 30.3 Å². The average Bonchev–Trinajstić information content (AvgIpc) is 3.73. The number of rotatable bonds is 39. The lowest BCUT2D eigenvalue weighted by Crippen LogP contribution is -2.36. The maximum absolute atomic E-state index is 13.2. The van der Waals surface area contributed by atoms with Crippen LogP contribution in [0.25, 0.3) is 0 Å². The molecule has 0 saturated carbocycles. The maximum atomic E-state index is 13.2. The molecular formula is C44H84N4O5S. The summed E-state index contributed by atoms with van der Waals surface area (Å²) in [5.41, 5.74) is 0. The summed E-state index contributed by atoms with van der Waals surface area (Å²) in [6.07, 6.45) is 35.1. The molecule has 0 aliphatic carbocycles. The van der Waals surface area contributed by atoms with Crippen LogP contribution in [0.1, 0.15) is 194 Å². The Morgan fingerprint density at radius 2 is 1.15 bits per heavy atom. The molecule has 9 nitrogen and oxygen atoms in total. The molecule has 10 heteroatoms. The molecule has 4 amide bonds. The van der Waals surface area contributed by atoms with Gasteiger partial charge in [-0.15, -0.1) is 0 Å². The van der Waals surface area contributed by atoms with Crippen LogP contribution < -0.4 is 16.0 Å². The fourth-order valence-electron chi connectivity index (χ4n) is 7.74. The minimum absolute atomic E-state index is 0.0506. The number of nitrogens with one attached hydrogen (secondary N) is 3. The number of amides is 4. The normalized spacial score (nSPS) is 17.7. The van der Waals surface area contributed by atoms with E-state index in [4.69, 9.17) is 9.47 Å². The van der Waals surface area contributed by atoms with E-state index < -0.39 is 0 Å². The van der Waals surface area contributed by atoms with Crippen molar-refractivity contribution in [3.05, 3.63) is 0 Å². The largest absolute Gasteiger partial charge is 0.377 e. The fraction of sp³-hybridized carbons (Fsp3) is 0.932. The highest BCUT2D eigenvalue weighted by molar-refractivity contribution is 8.00. The summed E-state index contributed by atoms with van der Waals surface area (Å²) in [6.45, 7) is 8.04. The molecule has 0 bridgehead atoms. The second-order valence-corrected chi connectivity index (χ2v) is 17.3. The van der Waals surface area contributed by atoms with E-state index in [-0.39, 0.29) is 36.5 Å². The van der Waals surface area contributed by atoms with Gasteiger partial charge in [0, 0.05) is 37.1 Å². The molecule has 54 heavy (non-hydrogen) atoms. The number of hydrogen-bond donors (Lipinski definition) is 3. The second kappa shape index (κ2) is 34.7. The Bertz CT molecular complexity index is 899. The van der Waals surface area contributed by atoms with Crippen molar-refractivity contribution in [2.45, 2.75) is 211 Å². The van der Waals surface area contributed by atoms with Gasteiger partial charge in [-0.25, -0.2) is 4.79 Å². The van der Waals surface area contributed by atoms with Crippen molar-refractivity contribution in [3.8, 4) is 0 Å². The monoisotopic (exact) mass is 781 g/mol. The first-order valence-corrected chi connectivity index (χ1v) is 24.0. The van der Waals surface area contributed by atoms with Crippen LogP contribution in [0.15, 0.2) is 0 Å². The predicted molar refractivity (Wildman–Crippen MR) is 227 cm³/mol. The predicted octanol–water partition coefficient (Wildman–Crippen LogP) is 10.1. The first-order chi connectivity index (χ1) is 26.5. The second-order valence-electron chi connectivity index (χ2n) is 16.0. The third-order valence-electron chi connectivity index (χ3n) is 11.2. The summed E-state index contributed by atoms with van der Waals surface area (Å²) < 4.78 is 11.4. The summed E-state index contributed by atoms with van der Waals surface area (Å²) in [4.78, 5) is 39.0. The van der Waals surface area contributed by atoms with Crippen molar-refractivity contribution < 1.29 is 23.9 Å². The molecule has 0 aromatic carbocycles. The first-order valence-electron chi connectivity index (χ1n) is 22.9. The summed E-state index contributed by atoms with van der Waals surface area (Å²) in [6, 6.07) is 0.422. The number of carbonyl (C=O) groups excluding carboxylic acids is 3. The van der Waals surface area contributed by atoms with E-state index in [2.05, 4.69) is 34.7 Å². The summed E-state index contributed by atoms with van der Waals surface area (Å²) in [5, 5.41) is 9.38. The van der Waals surface area contributed by atoms with Gasteiger partial charge in [-0.05, 0) is 25.7 Å². The third kappa shape index (κ3) is 25.6. The lowest BCUT2D eigenvalue weighted by atomic mass is 10.0. The van der Waals surface area contributed by atoms with Gasteiger partial charge in [-0.1, -0.05) is 162 Å². The molecule has 0 aromatic heterocycles. The van der Waals surface area contributed by atoms with Gasteiger partial charge >= 0.3 is 6.03 Å². The number of fused-ring (bicyclic) bond motifs is 1. The Kier molecular flexibility index (Phi) is 31.3. The molecule has 0 spiro atoms. The Morgan fingerprint density at radius 1 is 0.648 bits per heavy atom. The Labute approximate surface area is 336 Å². The smallest absolute Gasteiger partial charge is 0.315 e. The summed E-state index contributed by atoms with van der Waals surface area (Å²) >= 11 is 1.91. The maximum Gasteiger partial charge on any atom is 0.315 e. The molecule has 3 N–H and O–H groups in total. The molecule has 0 aromatic rings. The zero-order valence-electron chi connectivity index (χ0n) is 35.1. The van der Waals surface area contributed by atoms with E-state index in [1.54, 1.807) is 0 Å². The fourth-order valence-corrected chi connectivity index (χ4v) is 9.29. The number of nitrogens with zero attached hydrogens (tertiary/aromatic N) is 1. The number of carbonyl (C=O) groups is 3. The van der Waals surface area contributed by atoms with Crippen LogP contribution in [0, 0.1) is 0 Å². The van der Waals surface area contributed by atoms with Crippen LogP contribution in [0.3, 0.4) is 0 Å². The number of hydrogen-bond acceptors (Lipinski definition) is 6. The molecule has 2 heterocycles. The summed E-state index contributed by atoms with van der Waals surface area (Å²) in [5.74, 6) is 1.12. The van der Waals surface area contributed by atoms with Gasteiger partial charge in [-0.2, -0.15) is 11.8 Å². The van der Waals surface area contributed by atoms with Gasteiger partial charge in [0.15, 0.2) is 0 Å². The first kappa shape index (κ1) is 48.6. The van der Waals surface area contributed by atoms with Crippen LogP contribution in [0.5, 0.6) is 0 Å². The van der Waals surface area contributed by atoms with Crippen molar-refractivity contribution in [3.63, 3.8) is 0 Å². The van der Waals surface area contributed by atoms with E-state index in [0.717, 1.165) is 50.9 Å². The third-order valence-corrected chi connectivity index (χ3v) is 12.7. The van der Waals surface area contributed by atoms with E-state index in [1.165, 1.54) is 141 Å². The summed E-state index contributed by atoms with van der Waals surface area (Å²) in [7, 11) is 0. The van der Waals surface area contributed by atoms with Gasteiger partial charge in [0.05, 0.1) is 31.9 Å². The van der Waals surface area contributed by atoms with Crippen LogP contribution in [0.4, 0.5) is 4.79 Å². The molecule has 2 aliphatic heterocycles. The lowest BCUT2D eigenvalue weighted by molar-refractivity contribution is -0.137. The number of urea groups is 1.